The monoisotopic (exact) mass is 214 g/mol. The molecule has 2 aliphatic rings. The molecule has 2 N–H and O–H groups in total. The van der Waals surface area contributed by atoms with Crippen molar-refractivity contribution in [2.45, 2.75) is 38.8 Å². The van der Waals surface area contributed by atoms with E-state index >= 15 is 0 Å². The lowest BCUT2D eigenvalue weighted by atomic mass is 9.82. The van der Waals surface area contributed by atoms with Gasteiger partial charge in [0.1, 0.15) is 0 Å². The predicted octanol–water partition coefficient (Wildman–Crippen LogP) is 1.06. The fourth-order valence-corrected chi connectivity index (χ4v) is 2.73. The minimum Gasteiger partial charge on any atom is -0.448 e. The van der Waals surface area contributed by atoms with Crippen LogP contribution in [0.3, 0.4) is 0 Å². The third-order valence-electron chi connectivity index (χ3n) is 3.57. The maximum absolute atomic E-state index is 10.6. The first kappa shape index (κ1) is 10.7. The minimum absolute atomic E-state index is 0.0144. The normalized spacial score (nSPS) is 35.8. The van der Waals surface area contributed by atoms with E-state index < -0.39 is 6.16 Å². The predicted molar refractivity (Wildman–Crippen MR) is 54.4 cm³/mol. The summed E-state index contributed by atoms with van der Waals surface area (Å²) < 4.78 is 0. The Morgan fingerprint density at radius 2 is 2.27 bits per heavy atom. The molecule has 1 heterocycles. The molecule has 0 aromatic heterocycles. The van der Waals surface area contributed by atoms with Crippen LogP contribution in [0.4, 0.5) is 4.79 Å². The van der Waals surface area contributed by atoms with Crippen LogP contribution in [0.5, 0.6) is 0 Å². The van der Waals surface area contributed by atoms with Crippen molar-refractivity contribution in [1.29, 1.82) is 0 Å². The first-order valence-corrected chi connectivity index (χ1v) is 5.30. The number of fused-ring (bicyclic) bond motifs is 1. The van der Waals surface area contributed by atoms with Crippen LogP contribution in [0.15, 0.2) is 0 Å². The van der Waals surface area contributed by atoms with Gasteiger partial charge in [-0.05, 0) is 11.8 Å². The summed E-state index contributed by atoms with van der Waals surface area (Å²) in [7, 11) is 0. The molecule has 5 nitrogen and oxygen atoms in total. The SMILES string of the molecule is CC(C)(C)C12CC1NCCN2OC(=O)O. The van der Waals surface area contributed by atoms with Crippen LogP contribution in [-0.2, 0) is 4.84 Å². The zero-order valence-corrected chi connectivity index (χ0v) is 9.41. The number of nitrogens with zero attached hydrogens (tertiary/aromatic N) is 1. The summed E-state index contributed by atoms with van der Waals surface area (Å²) in [6.07, 6.45) is -0.254. The number of hydrogen-bond donors (Lipinski definition) is 2. The second kappa shape index (κ2) is 3.09. The van der Waals surface area contributed by atoms with Crippen molar-refractivity contribution in [3.8, 4) is 0 Å². The molecule has 0 amide bonds. The van der Waals surface area contributed by atoms with Gasteiger partial charge in [0.2, 0.25) is 0 Å². The number of nitrogens with one attached hydrogen (secondary N) is 1. The molecule has 0 bridgehead atoms. The molecule has 2 atom stereocenters. The number of rotatable bonds is 1. The number of carboxylic acid groups (broad SMARTS) is 1. The lowest BCUT2D eigenvalue weighted by Crippen LogP contribution is -2.57. The van der Waals surface area contributed by atoms with E-state index in [1.807, 2.05) is 0 Å². The van der Waals surface area contributed by atoms with Crippen molar-refractivity contribution in [2.24, 2.45) is 5.41 Å². The molecule has 15 heavy (non-hydrogen) atoms. The van der Waals surface area contributed by atoms with Crippen molar-refractivity contribution >= 4 is 6.16 Å². The zero-order chi connectivity index (χ0) is 11.3. The third kappa shape index (κ3) is 1.50. The lowest BCUT2D eigenvalue weighted by Gasteiger charge is -2.42. The number of hydrogen-bond acceptors (Lipinski definition) is 4. The van der Waals surface area contributed by atoms with Crippen LogP contribution in [0, 0.1) is 5.41 Å². The minimum atomic E-state index is -1.22. The number of carbonyl (C=O) groups is 1. The largest absolute Gasteiger partial charge is 0.525 e. The van der Waals surface area contributed by atoms with Crippen LogP contribution in [0.25, 0.3) is 0 Å². The second-order valence-electron chi connectivity index (χ2n) is 5.34. The van der Waals surface area contributed by atoms with Crippen LogP contribution in [-0.4, -0.2) is 41.0 Å². The van der Waals surface area contributed by atoms with Gasteiger partial charge in [-0.3, -0.25) is 0 Å². The maximum atomic E-state index is 10.6. The van der Waals surface area contributed by atoms with Crippen LogP contribution < -0.4 is 5.32 Å². The van der Waals surface area contributed by atoms with Crippen LogP contribution in [0.2, 0.25) is 0 Å². The van der Waals surface area contributed by atoms with E-state index in [2.05, 4.69) is 26.1 Å². The van der Waals surface area contributed by atoms with Gasteiger partial charge < -0.3 is 15.3 Å². The average molecular weight is 214 g/mol. The molecular formula is C10H18N2O3. The Hall–Kier alpha value is -0.810. The highest BCUT2D eigenvalue weighted by molar-refractivity contribution is 5.56. The molecule has 1 aliphatic carbocycles. The molecule has 2 fully saturated rings. The summed E-state index contributed by atoms with van der Waals surface area (Å²) in [5.41, 5.74) is -0.135. The van der Waals surface area contributed by atoms with Gasteiger partial charge in [0.25, 0.3) is 0 Å². The fourth-order valence-electron chi connectivity index (χ4n) is 2.73. The van der Waals surface area contributed by atoms with Gasteiger partial charge in [-0.15, -0.1) is 5.06 Å². The standard InChI is InChI=1S/C10H18N2O3/c1-9(2,3)10-6-7(10)11-4-5-12(10)15-8(13)14/h7,11H,4-6H2,1-3H3,(H,13,14). The Labute approximate surface area is 89.3 Å². The van der Waals surface area contributed by atoms with Crippen molar-refractivity contribution in [3.63, 3.8) is 0 Å². The van der Waals surface area contributed by atoms with Crippen LogP contribution >= 0.6 is 0 Å². The molecule has 1 saturated carbocycles. The van der Waals surface area contributed by atoms with Crippen molar-refractivity contribution in [1.82, 2.24) is 10.4 Å². The van der Waals surface area contributed by atoms with Gasteiger partial charge >= 0.3 is 6.16 Å². The molecule has 0 aromatic rings. The molecule has 0 aromatic carbocycles. The van der Waals surface area contributed by atoms with Crippen molar-refractivity contribution in [2.75, 3.05) is 13.1 Å². The molecule has 1 saturated heterocycles. The van der Waals surface area contributed by atoms with E-state index in [0.717, 1.165) is 13.0 Å². The van der Waals surface area contributed by atoms with E-state index in [4.69, 9.17) is 9.94 Å². The van der Waals surface area contributed by atoms with E-state index in [9.17, 15) is 4.79 Å². The van der Waals surface area contributed by atoms with Gasteiger partial charge in [-0.1, -0.05) is 20.8 Å². The Kier molecular flexibility index (Phi) is 2.20. The summed E-state index contributed by atoms with van der Waals surface area (Å²) in [4.78, 5) is 15.5. The van der Waals surface area contributed by atoms with E-state index in [-0.39, 0.29) is 11.0 Å². The summed E-state index contributed by atoms with van der Waals surface area (Å²) in [5, 5.41) is 13.7. The van der Waals surface area contributed by atoms with E-state index in [1.165, 1.54) is 0 Å². The smallest absolute Gasteiger partial charge is 0.448 e. The third-order valence-corrected chi connectivity index (χ3v) is 3.57. The maximum Gasteiger partial charge on any atom is 0.525 e. The van der Waals surface area contributed by atoms with Gasteiger partial charge in [0.05, 0.1) is 5.54 Å². The van der Waals surface area contributed by atoms with E-state index in [1.54, 1.807) is 5.06 Å². The molecule has 2 rings (SSSR count). The highest BCUT2D eigenvalue weighted by Crippen LogP contribution is 2.55. The summed E-state index contributed by atoms with van der Waals surface area (Å²) in [6, 6.07) is 0.366. The first-order valence-electron chi connectivity index (χ1n) is 5.30. The van der Waals surface area contributed by atoms with Crippen molar-refractivity contribution in [3.05, 3.63) is 0 Å². The van der Waals surface area contributed by atoms with Gasteiger partial charge in [0, 0.05) is 19.1 Å². The Morgan fingerprint density at radius 3 is 2.80 bits per heavy atom. The van der Waals surface area contributed by atoms with Crippen molar-refractivity contribution < 1.29 is 14.7 Å². The quantitative estimate of drug-likeness (QED) is 0.683. The Bertz CT molecular complexity index is 287. The van der Waals surface area contributed by atoms with Gasteiger partial charge in [-0.25, -0.2) is 4.79 Å². The lowest BCUT2D eigenvalue weighted by molar-refractivity contribution is -0.190. The number of piperazine rings is 1. The summed E-state index contributed by atoms with van der Waals surface area (Å²) >= 11 is 0. The first-order chi connectivity index (χ1) is 6.88. The molecule has 2 unspecified atom stereocenters. The average Bonchev–Trinajstić information content (AvgIpc) is 2.77. The molecule has 5 heteroatoms. The Morgan fingerprint density at radius 1 is 1.60 bits per heavy atom. The van der Waals surface area contributed by atoms with Gasteiger partial charge in [0.15, 0.2) is 0 Å². The summed E-state index contributed by atoms with van der Waals surface area (Å²) in [6.45, 7) is 7.78. The highest BCUT2D eigenvalue weighted by atomic mass is 16.8. The molecule has 86 valence electrons. The molecule has 0 radical (unpaired) electrons. The molecule has 0 spiro atoms. The fraction of sp³-hybridized carbons (Fsp3) is 0.900. The number of hydroxylamine groups is 2. The van der Waals surface area contributed by atoms with Gasteiger partial charge in [-0.2, -0.15) is 0 Å². The topological polar surface area (TPSA) is 61.8 Å². The Balaban J connectivity index is 2.18. The van der Waals surface area contributed by atoms with Crippen LogP contribution in [0.1, 0.15) is 27.2 Å². The van der Waals surface area contributed by atoms with E-state index in [0.29, 0.717) is 12.6 Å². The second-order valence-corrected chi connectivity index (χ2v) is 5.34. The molecular weight excluding hydrogens is 196 g/mol. The highest BCUT2D eigenvalue weighted by Gasteiger charge is 2.67. The molecule has 1 aliphatic heterocycles. The zero-order valence-electron chi connectivity index (χ0n) is 9.41. The summed E-state index contributed by atoms with van der Waals surface area (Å²) in [5.74, 6) is 0.